The number of halogens is 2. The van der Waals surface area contributed by atoms with Gasteiger partial charge in [0.25, 0.3) is 5.91 Å². The van der Waals surface area contributed by atoms with Crippen molar-refractivity contribution >= 4 is 45.6 Å². The second-order valence-corrected chi connectivity index (χ2v) is 6.68. The molecule has 0 unspecified atom stereocenters. The van der Waals surface area contributed by atoms with Crippen LogP contribution < -0.4 is 14.8 Å². The largest absolute Gasteiger partial charge is 0.454 e. The summed E-state index contributed by atoms with van der Waals surface area (Å²) < 4.78 is 10.7. The fourth-order valence-electron chi connectivity index (χ4n) is 2.25. The van der Waals surface area contributed by atoms with Gasteiger partial charge in [-0.25, -0.2) is 9.97 Å². The summed E-state index contributed by atoms with van der Waals surface area (Å²) in [5.74, 6) is 0.902. The zero-order chi connectivity index (χ0) is 17.4. The Balaban J connectivity index is 1.55. The van der Waals surface area contributed by atoms with E-state index in [0.29, 0.717) is 22.3 Å². The van der Waals surface area contributed by atoms with E-state index in [9.17, 15) is 4.79 Å². The quantitative estimate of drug-likeness (QED) is 0.663. The minimum absolute atomic E-state index is 0.0500. The molecule has 0 saturated carbocycles. The molecule has 0 atom stereocenters. The van der Waals surface area contributed by atoms with Gasteiger partial charge >= 0.3 is 0 Å². The molecule has 2 aromatic heterocycles. The van der Waals surface area contributed by atoms with Crippen LogP contribution in [0.1, 0.15) is 10.5 Å². The number of fused-ring (bicyclic) bond motifs is 1. The first-order chi connectivity index (χ1) is 12.1. The van der Waals surface area contributed by atoms with Crippen LogP contribution in [0.25, 0.3) is 11.3 Å². The van der Waals surface area contributed by atoms with E-state index < -0.39 is 5.91 Å². The molecule has 3 aromatic rings. The number of ether oxygens (including phenoxy) is 2. The standard InChI is InChI=1S/C16H9Cl2N3O3S/c17-9-2-4-13(18)20-14(9)15(22)21-16-19-10(6-25-16)8-1-3-11-12(5-8)24-7-23-11/h1-6H,7H2,(H,19,21,22). The molecule has 6 nitrogen and oxygen atoms in total. The third-order valence-electron chi connectivity index (χ3n) is 3.42. The Bertz CT molecular complexity index is 977. The Morgan fingerprint density at radius 2 is 1.96 bits per heavy atom. The van der Waals surface area contributed by atoms with Gasteiger partial charge in [-0.1, -0.05) is 23.2 Å². The third kappa shape index (κ3) is 3.26. The average molecular weight is 394 g/mol. The molecule has 3 heterocycles. The summed E-state index contributed by atoms with van der Waals surface area (Å²) in [5.41, 5.74) is 1.62. The van der Waals surface area contributed by atoms with E-state index in [0.717, 1.165) is 5.56 Å². The molecule has 126 valence electrons. The molecule has 1 N–H and O–H groups in total. The highest BCUT2D eigenvalue weighted by Crippen LogP contribution is 2.36. The summed E-state index contributed by atoms with van der Waals surface area (Å²) in [4.78, 5) is 20.7. The molecule has 0 saturated heterocycles. The number of carbonyl (C=O) groups excluding carboxylic acids is 1. The van der Waals surface area contributed by atoms with Gasteiger partial charge in [-0.05, 0) is 30.3 Å². The van der Waals surface area contributed by atoms with E-state index >= 15 is 0 Å². The first-order valence-electron chi connectivity index (χ1n) is 7.09. The minimum Gasteiger partial charge on any atom is -0.454 e. The monoisotopic (exact) mass is 393 g/mol. The molecular formula is C16H9Cl2N3O3S. The van der Waals surface area contributed by atoms with Gasteiger partial charge in [0.05, 0.1) is 10.7 Å². The maximum atomic E-state index is 12.3. The van der Waals surface area contributed by atoms with Crippen LogP contribution in [0.2, 0.25) is 10.2 Å². The molecule has 1 aromatic carbocycles. The van der Waals surface area contributed by atoms with E-state index in [1.54, 1.807) is 0 Å². The molecule has 0 radical (unpaired) electrons. The van der Waals surface area contributed by atoms with Crippen molar-refractivity contribution in [3.8, 4) is 22.8 Å². The van der Waals surface area contributed by atoms with Crippen LogP contribution in [0.5, 0.6) is 11.5 Å². The van der Waals surface area contributed by atoms with Crippen LogP contribution in [-0.4, -0.2) is 22.7 Å². The number of nitrogens with zero attached hydrogens (tertiary/aromatic N) is 2. The third-order valence-corrected chi connectivity index (χ3v) is 4.69. The molecule has 1 aliphatic rings. The Labute approximate surface area is 156 Å². The second kappa shape index (κ2) is 6.51. The van der Waals surface area contributed by atoms with Crippen molar-refractivity contribution in [3.05, 3.63) is 51.6 Å². The number of anilines is 1. The number of benzene rings is 1. The first-order valence-corrected chi connectivity index (χ1v) is 8.72. The molecular weight excluding hydrogens is 385 g/mol. The van der Waals surface area contributed by atoms with E-state index in [1.165, 1.54) is 23.5 Å². The maximum absolute atomic E-state index is 12.3. The molecule has 1 aliphatic heterocycles. The lowest BCUT2D eigenvalue weighted by molar-refractivity contribution is 0.102. The molecule has 4 rings (SSSR count). The zero-order valence-corrected chi connectivity index (χ0v) is 14.8. The van der Waals surface area contributed by atoms with Crippen LogP contribution in [0.3, 0.4) is 0 Å². The van der Waals surface area contributed by atoms with Crippen molar-refractivity contribution in [1.82, 2.24) is 9.97 Å². The van der Waals surface area contributed by atoms with Crippen molar-refractivity contribution < 1.29 is 14.3 Å². The van der Waals surface area contributed by atoms with E-state index in [4.69, 9.17) is 32.7 Å². The molecule has 0 spiro atoms. The Morgan fingerprint density at radius 1 is 1.12 bits per heavy atom. The van der Waals surface area contributed by atoms with Gasteiger partial charge in [0.1, 0.15) is 10.8 Å². The van der Waals surface area contributed by atoms with Gasteiger partial charge in [-0.2, -0.15) is 0 Å². The summed E-state index contributed by atoms with van der Waals surface area (Å²) in [6, 6.07) is 8.58. The van der Waals surface area contributed by atoms with Crippen LogP contribution in [0, 0.1) is 0 Å². The summed E-state index contributed by atoms with van der Waals surface area (Å²) >= 11 is 13.1. The summed E-state index contributed by atoms with van der Waals surface area (Å²) in [6.45, 7) is 0.213. The lowest BCUT2D eigenvalue weighted by atomic mass is 10.1. The molecule has 0 aliphatic carbocycles. The van der Waals surface area contributed by atoms with Crippen molar-refractivity contribution in [3.63, 3.8) is 0 Å². The Morgan fingerprint density at radius 3 is 2.84 bits per heavy atom. The number of rotatable bonds is 3. The van der Waals surface area contributed by atoms with Crippen molar-refractivity contribution in [2.24, 2.45) is 0 Å². The summed E-state index contributed by atoms with van der Waals surface area (Å²) in [5, 5.41) is 5.34. The number of hydrogen-bond donors (Lipinski definition) is 1. The number of aromatic nitrogens is 2. The molecule has 9 heteroatoms. The average Bonchev–Trinajstić information content (AvgIpc) is 3.25. The highest BCUT2D eigenvalue weighted by molar-refractivity contribution is 7.14. The molecule has 1 amide bonds. The SMILES string of the molecule is O=C(Nc1nc(-c2ccc3c(c2)OCO3)cs1)c1nc(Cl)ccc1Cl. The maximum Gasteiger partial charge on any atom is 0.277 e. The smallest absolute Gasteiger partial charge is 0.277 e. The van der Waals surface area contributed by atoms with Gasteiger partial charge in [0.15, 0.2) is 16.6 Å². The highest BCUT2D eigenvalue weighted by Gasteiger charge is 2.17. The lowest BCUT2D eigenvalue weighted by Gasteiger charge is -2.03. The number of amides is 1. The van der Waals surface area contributed by atoms with Crippen LogP contribution in [0.4, 0.5) is 5.13 Å². The number of thiazole rings is 1. The van der Waals surface area contributed by atoms with Crippen molar-refractivity contribution in [2.45, 2.75) is 0 Å². The molecule has 0 bridgehead atoms. The van der Waals surface area contributed by atoms with Gasteiger partial charge in [0, 0.05) is 10.9 Å². The predicted octanol–water partition coefficient (Wildman–Crippen LogP) is 4.49. The second-order valence-electron chi connectivity index (χ2n) is 5.02. The van der Waals surface area contributed by atoms with E-state index in [2.05, 4.69) is 15.3 Å². The highest BCUT2D eigenvalue weighted by atomic mass is 35.5. The molecule has 25 heavy (non-hydrogen) atoms. The van der Waals surface area contributed by atoms with Gasteiger partial charge in [-0.3, -0.25) is 10.1 Å². The normalized spacial score (nSPS) is 12.2. The number of pyridine rings is 1. The van der Waals surface area contributed by atoms with Crippen molar-refractivity contribution in [2.75, 3.05) is 12.1 Å². The van der Waals surface area contributed by atoms with Crippen molar-refractivity contribution in [1.29, 1.82) is 0 Å². The molecule has 0 fully saturated rings. The summed E-state index contributed by atoms with van der Waals surface area (Å²) in [6.07, 6.45) is 0. The Hall–Kier alpha value is -2.35. The number of nitrogens with one attached hydrogen (secondary N) is 1. The lowest BCUT2D eigenvalue weighted by Crippen LogP contribution is -2.14. The van der Waals surface area contributed by atoms with Crippen LogP contribution in [-0.2, 0) is 0 Å². The fraction of sp³-hybridized carbons (Fsp3) is 0.0625. The Kier molecular flexibility index (Phi) is 4.20. The van der Waals surface area contributed by atoms with Crippen LogP contribution in [0.15, 0.2) is 35.7 Å². The zero-order valence-electron chi connectivity index (χ0n) is 12.5. The number of hydrogen-bond acceptors (Lipinski definition) is 6. The predicted molar refractivity (Wildman–Crippen MR) is 95.9 cm³/mol. The first kappa shape index (κ1) is 16.1. The topological polar surface area (TPSA) is 73.3 Å². The van der Waals surface area contributed by atoms with E-state index in [1.807, 2.05) is 23.6 Å². The summed E-state index contributed by atoms with van der Waals surface area (Å²) in [7, 11) is 0. The van der Waals surface area contributed by atoms with Crippen LogP contribution >= 0.6 is 34.5 Å². The van der Waals surface area contributed by atoms with Gasteiger partial charge in [-0.15, -0.1) is 11.3 Å². The van der Waals surface area contributed by atoms with E-state index in [-0.39, 0.29) is 22.7 Å². The fourth-order valence-corrected chi connectivity index (χ4v) is 3.31. The van der Waals surface area contributed by atoms with Gasteiger partial charge < -0.3 is 9.47 Å². The number of carbonyl (C=O) groups is 1. The minimum atomic E-state index is -0.473. The van der Waals surface area contributed by atoms with Gasteiger partial charge in [0.2, 0.25) is 6.79 Å².